The summed E-state index contributed by atoms with van der Waals surface area (Å²) in [4.78, 5) is 30.0. The first-order chi connectivity index (χ1) is 16.5. The molecule has 2 unspecified atom stereocenters. The van der Waals surface area contributed by atoms with Crippen LogP contribution in [0.1, 0.15) is 36.3 Å². The summed E-state index contributed by atoms with van der Waals surface area (Å²) in [6, 6.07) is 15.8. The topological polar surface area (TPSA) is 71.1 Å². The number of thioether (sulfide) groups is 1. The second-order valence-corrected chi connectivity index (χ2v) is 9.90. The summed E-state index contributed by atoms with van der Waals surface area (Å²) in [5.41, 5.74) is 2.23. The number of ether oxygens (including phenoxy) is 2. The molecule has 2 aliphatic rings. The number of nitrogens with zero attached hydrogens (tertiary/aromatic N) is 2. The van der Waals surface area contributed by atoms with E-state index in [9.17, 15) is 9.59 Å². The maximum atomic E-state index is 13.2. The Bertz CT molecular complexity index is 995. The lowest BCUT2D eigenvalue weighted by molar-refractivity contribution is -0.138. The van der Waals surface area contributed by atoms with Gasteiger partial charge in [0.05, 0.1) is 14.2 Å². The van der Waals surface area contributed by atoms with Crippen molar-refractivity contribution in [3.8, 4) is 11.5 Å². The molecule has 2 atom stereocenters. The van der Waals surface area contributed by atoms with E-state index in [2.05, 4.69) is 34.5 Å². The van der Waals surface area contributed by atoms with E-state index < -0.39 is 6.04 Å². The lowest BCUT2D eigenvalue weighted by Crippen LogP contribution is -2.52. The Hall–Kier alpha value is -2.71. The van der Waals surface area contributed by atoms with Crippen molar-refractivity contribution in [2.75, 3.05) is 33.1 Å². The van der Waals surface area contributed by atoms with E-state index in [0.717, 1.165) is 38.0 Å². The molecule has 2 aromatic carbocycles. The third kappa shape index (κ3) is 5.50. The number of amides is 2. The minimum atomic E-state index is -0.483. The second kappa shape index (κ2) is 11.1. The maximum absolute atomic E-state index is 13.2. The van der Waals surface area contributed by atoms with E-state index in [0.29, 0.717) is 17.3 Å². The van der Waals surface area contributed by atoms with Gasteiger partial charge in [-0.25, -0.2) is 0 Å². The fourth-order valence-electron chi connectivity index (χ4n) is 4.73. The van der Waals surface area contributed by atoms with Gasteiger partial charge in [0.2, 0.25) is 11.8 Å². The van der Waals surface area contributed by atoms with Crippen molar-refractivity contribution in [2.45, 2.75) is 43.8 Å². The second-order valence-electron chi connectivity index (χ2n) is 8.79. The van der Waals surface area contributed by atoms with Crippen molar-refractivity contribution < 1.29 is 19.1 Å². The third-order valence-electron chi connectivity index (χ3n) is 6.54. The zero-order valence-corrected chi connectivity index (χ0v) is 20.8. The summed E-state index contributed by atoms with van der Waals surface area (Å²) >= 11 is 1.60. The molecule has 0 bridgehead atoms. The first kappa shape index (κ1) is 24.4. The highest BCUT2D eigenvalue weighted by Gasteiger charge is 2.41. The van der Waals surface area contributed by atoms with E-state index in [-0.39, 0.29) is 23.2 Å². The molecule has 0 spiro atoms. The number of carbonyl (C=O) groups excluding carboxylic acids is 2. The van der Waals surface area contributed by atoms with Crippen LogP contribution in [0.15, 0.2) is 48.5 Å². The SMILES string of the molecule is COc1ccc(C2SCC(C(=O)NC3CCN(Cc4ccccc4)CC3)N2C(C)=O)cc1OC. The summed E-state index contributed by atoms with van der Waals surface area (Å²) < 4.78 is 10.8. The Morgan fingerprint density at radius 2 is 1.74 bits per heavy atom. The molecule has 0 radical (unpaired) electrons. The summed E-state index contributed by atoms with van der Waals surface area (Å²) in [5, 5.41) is 2.99. The van der Waals surface area contributed by atoms with Gasteiger partial charge in [0.15, 0.2) is 11.5 Å². The Balaban J connectivity index is 1.36. The van der Waals surface area contributed by atoms with Crippen LogP contribution in [-0.4, -0.2) is 66.8 Å². The van der Waals surface area contributed by atoms with Crippen LogP contribution in [0.25, 0.3) is 0 Å². The maximum Gasteiger partial charge on any atom is 0.243 e. The molecular formula is C26H33N3O4S. The zero-order chi connectivity index (χ0) is 24.1. The standard InChI is InChI=1S/C26H33N3O4S/c1-18(30)29-22(17-34-26(29)20-9-10-23(32-2)24(15-20)33-3)25(31)27-21-11-13-28(14-12-21)16-19-7-5-4-6-8-19/h4-10,15,21-22,26H,11-14,16-17H2,1-3H3,(H,27,31). The lowest BCUT2D eigenvalue weighted by atomic mass is 10.0. The van der Waals surface area contributed by atoms with Gasteiger partial charge in [-0.2, -0.15) is 0 Å². The van der Waals surface area contributed by atoms with Gasteiger partial charge < -0.3 is 19.7 Å². The molecule has 2 aliphatic heterocycles. The average molecular weight is 484 g/mol. The zero-order valence-electron chi connectivity index (χ0n) is 20.0. The molecule has 2 heterocycles. The summed E-state index contributed by atoms with van der Waals surface area (Å²) in [6.07, 6.45) is 1.83. The number of hydrogen-bond donors (Lipinski definition) is 1. The molecule has 2 saturated heterocycles. The Morgan fingerprint density at radius 3 is 2.38 bits per heavy atom. The number of nitrogens with one attached hydrogen (secondary N) is 1. The predicted molar refractivity (Wildman–Crippen MR) is 134 cm³/mol. The molecule has 0 saturated carbocycles. The van der Waals surface area contributed by atoms with E-state index in [1.807, 2.05) is 24.3 Å². The summed E-state index contributed by atoms with van der Waals surface area (Å²) in [7, 11) is 3.18. The van der Waals surface area contributed by atoms with Crippen LogP contribution >= 0.6 is 11.8 Å². The fourth-order valence-corrected chi connectivity index (χ4v) is 6.20. The first-order valence-corrected chi connectivity index (χ1v) is 12.7. The number of rotatable bonds is 7. The normalized spacial score (nSPS) is 21.3. The van der Waals surface area contributed by atoms with Gasteiger partial charge in [-0.3, -0.25) is 14.5 Å². The Morgan fingerprint density at radius 1 is 1.03 bits per heavy atom. The lowest BCUT2D eigenvalue weighted by Gasteiger charge is -2.34. The van der Waals surface area contributed by atoms with E-state index in [1.54, 1.807) is 30.9 Å². The van der Waals surface area contributed by atoms with Crippen LogP contribution in [0.3, 0.4) is 0 Å². The quantitative estimate of drug-likeness (QED) is 0.651. The number of hydrogen-bond acceptors (Lipinski definition) is 6. The van der Waals surface area contributed by atoms with Crippen molar-refractivity contribution in [1.82, 2.24) is 15.1 Å². The minimum Gasteiger partial charge on any atom is -0.493 e. The number of piperidine rings is 1. The minimum absolute atomic E-state index is 0.0628. The molecule has 2 aromatic rings. The molecule has 4 rings (SSSR count). The van der Waals surface area contributed by atoms with E-state index in [1.165, 1.54) is 12.5 Å². The van der Waals surface area contributed by atoms with Crippen LogP contribution in [0.4, 0.5) is 0 Å². The molecule has 0 aromatic heterocycles. The van der Waals surface area contributed by atoms with Gasteiger partial charge >= 0.3 is 0 Å². The van der Waals surface area contributed by atoms with Crippen molar-refractivity contribution >= 4 is 23.6 Å². The van der Waals surface area contributed by atoms with Crippen molar-refractivity contribution in [2.24, 2.45) is 0 Å². The number of likely N-dealkylation sites (tertiary alicyclic amines) is 1. The Labute approximate surface area is 205 Å². The average Bonchev–Trinajstić information content (AvgIpc) is 3.31. The summed E-state index contributed by atoms with van der Waals surface area (Å²) in [6.45, 7) is 4.36. The molecule has 8 heteroatoms. The fraction of sp³-hybridized carbons (Fsp3) is 0.462. The molecule has 2 fully saturated rings. The highest BCUT2D eigenvalue weighted by Crippen LogP contribution is 2.43. The van der Waals surface area contributed by atoms with Crippen LogP contribution in [0.5, 0.6) is 11.5 Å². The van der Waals surface area contributed by atoms with Crippen molar-refractivity contribution in [3.05, 3.63) is 59.7 Å². The van der Waals surface area contributed by atoms with Gasteiger partial charge in [0.1, 0.15) is 11.4 Å². The number of methoxy groups -OCH3 is 2. The molecule has 7 nitrogen and oxygen atoms in total. The smallest absolute Gasteiger partial charge is 0.243 e. The van der Waals surface area contributed by atoms with Gasteiger partial charge in [0, 0.05) is 38.4 Å². The van der Waals surface area contributed by atoms with Gasteiger partial charge in [-0.1, -0.05) is 36.4 Å². The molecular weight excluding hydrogens is 450 g/mol. The largest absolute Gasteiger partial charge is 0.493 e. The van der Waals surface area contributed by atoms with Gasteiger partial charge in [-0.15, -0.1) is 11.8 Å². The predicted octanol–water partition coefficient (Wildman–Crippen LogP) is 3.45. The highest BCUT2D eigenvalue weighted by molar-refractivity contribution is 7.99. The monoisotopic (exact) mass is 483 g/mol. The first-order valence-electron chi connectivity index (χ1n) is 11.7. The van der Waals surface area contributed by atoms with Crippen LogP contribution in [0.2, 0.25) is 0 Å². The van der Waals surface area contributed by atoms with Gasteiger partial charge in [0.25, 0.3) is 0 Å². The van der Waals surface area contributed by atoms with Crippen LogP contribution in [-0.2, 0) is 16.1 Å². The van der Waals surface area contributed by atoms with Crippen LogP contribution < -0.4 is 14.8 Å². The third-order valence-corrected chi connectivity index (χ3v) is 7.87. The van der Waals surface area contributed by atoms with Gasteiger partial charge in [-0.05, 0) is 36.1 Å². The number of benzene rings is 2. The highest BCUT2D eigenvalue weighted by atomic mass is 32.2. The number of carbonyl (C=O) groups is 2. The van der Waals surface area contributed by atoms with Crippen molar-refractivity contribution in [3.63, 3.8) is 0 Å². The van der Waals surface area contributed by atoms with E-state index in [4.69, 9.17) is 9.47 Å². The summed E-state index contributed by atoms with van der Waals surface area (Å²) in [5.74, 6) is 1.64. The molecule has 34 heavy (non-hydrogen) atoms. The Kier molecular flexibility index (Phi) is 8.00. The molecule has 0 aliphatic carbocycles. The van der Waals surface area contributed by atoms with Crippen LogP contribution in [0, 0.1) is 0 Å². The molecule has 182 valence electrons. The van der Waals surface area contributed by atoms with E-state index >= 15 is 0 Å². The molecule has 2 amide bonds. The van der Waals surface area contributed by atoms with Crippen molar-refractivity contribution in [1.29, 1.82) is 0 Å². The molecule has 1 N–H and O–H groups in total.